The molecule has 4 rings (SSSR count). The maximum absolute atomic E-state index is 5.83. The largest absolute Gasteiger partial charge is 0.358 e. The number of rotatable bonds is 8. The zero-order chi connectivity index (χ0) is 30.6. The molecule has 4 fully saturated rings. The monoisotopic (exact) mass is 726 g/mol. The second-order valence-corrected chi connectivity index (χ2v) is 22.9. The standard InChI is InChI=1S/2C19H33.2CH3.CH2.2ClH.Zr/c2*1-16(2)10-8-13-17-11-6-4-3-5-7-12-18-14-9-15-19(17)18;;;;;;/h2*1,17-19H,3-15H2,2H3;2*1H3;1H2;2*1H;/q4*-1;;;;+2/p-2. The van der Waals surface area contributed by atoms with Crippen molar-refractivity contribution in [1.82, 2.24) is 0 Å². The molecule has 0 N–H and O–H groups in total. The van der Waals surface area contributed by atoms with Crippen LogP contribution in [0.25, 0.3) is 0 Å². The van der Waals surface area contributed by atoms with Crippen LogP contribution in [-0.4, -0.2) is 4.21 Å². The van der Waals surface area contributed by atoms with Crippen LogP contribution in [0.4, 0.5) is 0 Å². The van der Waals surface area contributed by atoms with Gasteiger partial charge in [-0.15, -0.1) is 0 Å². The first-order valence-corrected chi connectivity index (χ1v) is 26.5. The Bertz CT molecular complexity index is 685. The van der Waals surface area contributed by atoms with Gasteiger partial charge in [-0.05, 0) is 61.2 Å². The molecule has 4 aliphatic carbocycles. The first kappa shape index (κ1) is 44.8. The molecule has 4 saturated carbocycles. The van der Waals surface area contributed by atoms with E-state index in [9.17, 15) is 0 Å². The van der Waals surface area contributed by atoms with Crippen LogP contribution in [0.5, 0.6) is 0 Å². The summed E-state index contributed by atoms with van der Waals surface area (Å²) in [7, 11) is 10.3. The molecule has 0 spiro atoms. The minimum atomic E-state index is -1.85. The van der Waals surface area contributed by atoms with E-state index in [1.807, 2.05) is 0 Å². The molecule has 0 nitrogen and oxygen atoms in total. The Kier molecular flexibility index (Phi) is 28.2. The molecule has 3 heteroatoms. The SMILES string of the molecule is [CH-]=C(C)CCCC1CCCCCCCC2CCCC12.[CH-]=C(C)CCCC1CCCCCCCC2CCCC12.[CH2]=[Zr]([Cl])[Cl].[CH3-].[CH3-]. The third-order valence-electron chi connectivity index (χ3n) is 11.2. The van der Waals surface area contributed by atoms with Crippen LogP contribution in [-0.2, 0) is 18.9 Å². The fraction of sp³-hybridized carbons (Fsp3) is 0.829. The molecule has 0 bridgehead atoms. The molecule has 0 radical (unpaired) electrons. The Hall–Kier alpha value is 0.813. The number of fused-ring (bicyclic) bond motifs is 2. The van der Waals surface area contributed by atoms with E-state index in [4.69, 9.17) is 30.2 Å². The summed E-state index contributed by atoms with van der Waals surface area (Å²) in [5.74, 6) is 6.32. The Morgan fingerprint density at radius 1 is 0.545 bits per heavy atom. The van der Waals surface area contributed by atoms with Crippen molar-refractivity contribution in [1.29, 1.82) is 0 Å². The third kappa shape index (κ3) is 20.2. The van der Waals surface area contributed by atoms with Crippen LogP contribution < -0.4 is 0 Å². The fourth-order valence-corrected chi connectivity index (χ4v) is 9.21. The Morgan fingerprint density at radius 3 is 1.18 bits per heavy atom. The van der Waals surface area contributed by atoms with E-state index in [2.05, 4.69) is 18.1 Å². The molecule has 6 unspecified atom stereocenters. The van der Waals surface area contributed by atoms with Gasteiger partial charge in [-0.2, -0.15) is 0 Å². The van der Waals surface area contributed by atoms with E-state index in [0.29, 0.717) is 0 Å². The van der Waals surface area contributed by atoms with Crippen LogP contribution in [0.15, 0.2) is 11.1 Å². The van der Waals surface area contributed by atoms with Crippen LogP contribution in [0.3, 0.4) is 0 Å². The van der Waals surface area contributed by atoms with E-state index < -0.39 is 18.9 Å². The average molecular weight is 729 g/mol. The molecule has 44 heavy (non-hydrogen) atoms. The third-order valence-corrected chi connectivity index (χ3v) is 11.2. The second-order valence-electron chi connectivity index (χ2n) is 14.7. The summed E-state index contributed by atoms with van der Waals surface area (Å²) in [4.78, 5) is 0. The quantitative estimate of drug-likeness (QED) is 0.218. The number of hydrogen-bond acceptors (Lipinski definition) is 0. The van der Waals surface area contributed by atoms with Gasteiger partial charge in [0.1, 0.15) is 0 Å². The van der Waals surface area contributed by atoms with Gasteiger partial charge >= 0.3 is 40.1 Å². The molecule has 0 saturated heterocycles. The van der Waals surface area contributed by atoms with Gasteiger partial charge in [0, 0.05) is 0 Å². The average Bonchev–Trinajstić information content (AvgIpc) is 3.60. The molecule has 6 atom stereocenters. The van der Waals surface area contributed by atoms with E-state index in [-0.39, 0.29) is 14.9 Å². The van der Waals surface area contributed by atoms with Crippen LogP contribution in [0.1, 0.15) is 181 Å². The van der Waals surface area contributed by atoms with Crippen LogP contribution in [0.2, 0.25) is 0 Å². The molecule has 0 amide bonds. The Labute approximate surface area is 293 Å². The van der Waals surface area contributed by atoms with Crippen molar-refractivity contribution < 1.29 is 18.9 Å². The zero-order valence-corrected chi connectivity index (χ0v) is 33.9. The predicted octanol–water partition coefficient (Wildman–Crippen LogP) is 14.9. The van der Waals surface area contributed by atoms with Gasteiger partial charge in [-0.3, -0.25) is 11.1 Å². The van der Waals surface area contributed by atoms with Crippen molar-refractivity contribution in [2.24, 2.45) is 35.5 Å². The van der Waals surface area contributed by atoms with Gasteiger partial charge in [0.05, 0.1) is 0 Å². The molecule has 0 aromatic rings. The maximum Gasteiger partial charge on any atom is -0.358 e. The minimum Gasteiger partial charge on any atom is -0.358 e. The van der Waals surface area contributed by atoms with Crippen molar-refractivity contribution >= 4 is 21.2 Å². The predicted molar refractivity (Wildman–Crippen MR) is 200 cm³/mol. The summed E-state index contributed by atoms with van der Waals surface area (Å²) in [5.41, 5.74) is 2.26. The van der Waals surface area contributed by atoms with Crippen molar-refractivity contribution in [3.8, 4) is 0 Å². The van der Waals surface area contributed by atoms with Gasteiger partial charge in [0.15, 0.2) is 0 Å². The van der Waals surface area contributed by atoms with Gasteiger partial charge < -0.3 is 28.0 Å². The number of allylic oxidation sites excluding steroid dienone is 2. The summed E-state index contributed by atoms with van der Waals surface area (Å²) in [6.45, 7) is 15.8. The molecule has 0 aromatic heterocycles. The number of halogens is 2. The van der Waals surface area contributed by atoms with Crippen molar-refractivity contribution in [3.63, 3.8) is 0 Å². The van der Waals surface area contributed by atoms with Crippen molar-refractivity contribution in [3.05, 3.63) is 39.2 Å². The topological polar surface area (TPSA) is 0 Å². The van der Waals surface area contributed by atoms with Gasteiger partial charge in [0.2, 0.25) is 0 Å². The summed E-state index contributed by atoms with van der Waals surface area (Å²) in [6.07, 6.45) is 37.9. The van der Waals surface area contributed by atoms with Crippen LogP contribution in [0, 0.1) is 63.5 Å². The Balaban J connectivity index is 0.000000720. The van der Waals surface area contributed by atoms with Crippen molar-refractivity contribution in [2.45, 2.75) is 181 Å². The first-order chi connectivity index (χ1) is 20.3. The molecule has 0 aromatic carbocycles. The molecule has 0 aliphatic heterocycles. The van der Waals surface area contributed by atoms with E-state index in [0.717, 1.165) is 59.5 Å². The molecule has 260 valence electrons. The van der Waals surface area contributed by atoms with Gasteiger partial charge in [0.25, 0.3) is 0 Å². The minimum absolute atomic E-state index is 0. The molecule has 0 heterocycles. The molecule has 4 aliphatic rings. The normalized spacial score (nSPS) is 28.9. The number of hydrogen-bond donors (Lipinski definition) is 0. The summed E-state index contributed by atoms with van der Waals surface area (Å²) >= 11 is -1.85. The summed E-state index contributed by atoms with van der Waals surface area (Å²) < 4.78 is 3.37. The fourth-order valence-electron chi connectivity index (χ4n) is 9.21. The van der Waals surface area contributed by atoms with E-state index in [1.54, 1.807) is 0 Å². The first-order valence-electron chi connectivity index (χ1n) is 18.4. The smallest absolute Gasteiger partial charge is 0.358 e. The zero-order valence-electron chi connectivity index (χ0n) is 30.0. The second kappa shape index (κ2) is 27.7. The van der Waals surface area contributed by atoms with Gasteiger partial charge in [-0.1, -0.05) is 155 Å². The maximum atomic E-state index is 5.83. The van der Waals surface area contributed by atoms with E-state index in [1.165, 1.54) is 154 Å². The summed E-state index contributed by atoms with van der Waals surface area (Å²) in [6, 6.07) is 0. The van der Waals surface area contributed by atoms with Crippen LogP contribution >= 0.6 is 17.0 Å². The Morgan fingerprint density at radius 2 is 0.841 bits per heavy atom. The van der Waals surface area contributed by atoms with Gasteiger partial charge in [-0.25, -0.2) is 0 Å². The molecular weight excluding hydrogens is 655 g/mol. The van der Waals surface area contributed by atoms with Crippen molar-refractivity contribution in [2.75, 3.05) is 0 Å². The molecular formula is C41H74Cl2Zr-4. The van der Waals surface area contributed by atoms with E-state index >= 15 is 0 Å². The summed E-state index contributed by atoms with van der Waals surface area (Å²) in [5, 5.41) is 0.